The number of rotatable bonds is 0. The van der Waals surface area contributed by atoms with Crippen LogP contribution in [0.1, 0.15) is 23.8 Å². The van der Waals surface area contributed by atoms with Crippen molar-refractivity contribution in [2.75, 3.05) is 0 Å². The van der Waals surface area contributed by atoms with E-state index in [1.165, 1.54) is 5.39 Å². The lowest BCUT2D eigenvalue weighted by atomic mass is 9.91. The van der Waals surface area contributed by atoms with Crippen LogP contribution >= 0.6 is 0 Å². The third kappa shape index (κ3) is 1.20. The molecule has 78 valence electrons. The summed E-state index contributed by atoms with van der Waals surface area (Å²) in [5.74, 6) is 0. The molecule has 1 aromatic heterocycles. The van der Waals surface area contributed by atoms with Crippen molar-refractivity contribution in [2.45, 2.75) is 25.0 Å². The first-order chi connectivity index (χ1) is 7.27. The van der Waals surface area contributed by atoms with Gasteiger partial charge in [-0.05, 0) is 24.5 Å². The van der Waals surface area contributed by atoms with Crippen LogP contribution in [0.4, 0.5) is 0 Å². The summed E-state index contributed by atoms with van der Waals surface area (Å²) in [5.41, 5.74) is 2.98. The van der Waals surface area contributed by atoms with E-state index in [0.29, 0.717) is 6.42 Å². The lowest BCUT2D eigenvalue weighted by Crippen LogP contribution is -2.24. The molecule has 15 heavy (non-hydrogen) atoms. The molecule has 0 saturated heterocycles. The number of aromatic amines is 1. The molecule has 1 aliphatic carbocycles. The SMILES string of the molecule is OC1CCc2c([nH]c3ccccc23)C1O. The number of hydrogen-bond acceptors (Lipinski definition) is 2. The first kappa shape index (κ1) is 8.95. The number of para-hydroxylation sites is 1. The average molecular weight is 203 g/mol. The normalized spacial score (nSPS) is 25.5. The fraction of sp³-hybridized carbons (Fsp3) is 0.333. The quantitative estimate of drug-likeness (QED) is 0.608. The second-order valence-corrected chi connectivity index (χ2v) is 4.11. The van der Waals surface area contributed by atoms with Crippen LogP contribution in [-0.2, 0) is 6.42 Å². The van der Waals surface area contributed by atoms with Gasteiger partial charge in [0.15, 0.2) is 0 Å². The van der Waals surface area contributed by atoms with Crippen molar-refractivity contribution in [3.63, 3.8) is 0 Å². The molecule has 2 unspecified atom stereocenters. The van der Waals surface area contributed by atoms with E-state index < -0.39 is 12.2 Å². The minimum absolute atomic E-state index is 0.634. The summed E-state index contributed by atoms with van der Waals surface area (Å²) >= 11 is 0. The zero-order valence-corrected chi connectivity index (χ0v) is 8.27. The molecule has 0 saturated carbocycles. The van der Waals surface area contributed by atoms with Crippen LogP contribution in [0.2, 0.25) is 0 Å². The van der Waals surface area contributed by atoms with Gasteiger partial charge < -0.3 is 15.2 Å². The van der Waals surface area contributed by atoms with Crippen molar-refractivity contribution in [1.29, 1.82) is 0 Å². The number of H-pyrrole nitrogens is 1. The molecule has 0 spiro atoms. The Morgan fingerprint density at radius 2 is 2.00 bits per heavy atom. The minimum atomic E-state index is -0.763. The molecule has 0 radical (unpaired) electrons. The van der Waals surface area contributed by atoms with E-state index in [0.717, 1.165) is 23.2 Å². The Labute approximate surface area is 87.4 Å². The van der Waals surface area contributed by atoms with Gasteiger partial charge >= 0.3 is 0 Å². The van der Waals surface area contributed by atoms with Crippen molar-refractivity contribution in [3.8, 4) is 0 Å². The Hall–Kier alpha value is -1.32. The van der Waals surface area contributed by atoms with Crippen molar-refractivity contribution in [1.82, 2.24) is 4.98 Å². The highest BCUT2D eigenvalue weighted by Gasteiger charge is 2.28. The molecular weight excluding hydrogens is 190 g/mol. The first-order valence-electron chi connectivity index (χ1n) is 5.23. The lowest BCUT2D eigenvalue weighted by molar-refractivity contribution is 0.00450. The standard InChI is InChI=1S/C12H13NO2/c14-10-6-5-8-7-3-1-2-4-9(7)13-11(8)12(10)15/h1-4,10,12-15H,5-6H2. The summed E-state index contributed by atoms with van der Waals surface area (Å²) in [6.45, 7) is 0. The third-order valence-corrected chi connectivity index (χ3v) is 3.20. The number of fused-ring (bicyclic) bond motifs is 3. The predicted octanol–water partition coefficient (Wildman–Crippen LogP) is 1.51. The summed E-state index contributed by atoms with van der Waals surface area (Å²) < 4.78 is 0. The number of hydrogen-bond donors (Lipinski definition) is 3. The van der Waals surface area contributed by atoms with Gasteiger partial charge in [0.25, 0.3) is 0 Å². The Morgan fingerprint density at radius 1 is 1.20 bits per heavy atom. The Morgan fingerprint density at radius 3 is 2.87 bits per heavy atom. The highest BCUT2D eigenvalue weighted by atomic mass is 16.3. The maximum absolute atomic E-state index is 9.85. The van der Waals surface area contributed by atoms with Crippen molar-refractivity contribution in [2.24, 2.45) is 0 Å². The van der Waals surface area contributed by atoms with Gasteiger partial charge in [0.2, 0.25) is 0 Å². The second-order valence-electron chi connectivity index (χ2n) is 4.11. The largest absolute Gasteiger partial charge is 0.390 e. The molecule has 3 heteroatoms. The third-order valence-electron chi connectivity index (χ3n) is 3.20. The van der Waals surface area contributed by atoms with Crippen LogP contribution in [0.3, 0.4) is 0 Å². The molecule has 3 nitrogen and oxygen atoms in total. The van der Waals surface area contributed by atoms with Crippen LogP contribution < -0.4 is 0 Å². The number of aliphatic hydroxyl groups excluding tert-OH is 2. The van der Waals surface area contributed by atoms with E-state index in [9.17, 15) is 10.2 Å². The fourth-order valence-corrected chi connectivity index (χ4v) is 2.39. The Balaban J connectivity index is 2.26. The van der Waals surface area contributed by atoms with Crippen LogP contribution in [0.25, 0.3) is 10.9 Å². The van der Waals surface area contributed by atoms with E-state index in [-0.39, 0.29) is 0 Å². The van der Waals surface area contributed by atoms with Gasteiger partial charge in [-0.1, -0.05) is 18.2 Å². The van der Waals surface area contributed by atoms with E-state index >= 15 is 0 Å². The van der Waals surface area contributed by atoms with E-state index in [1.54, 1.807) is 0 Å². The zero-order chi connectivity index (χ0) is 10.4. The van der Waals surface area contributed by atoms with Crippen LogP contribution in [0, 0.1) is 0 Å². The number of benzene rings is 1. The molecule has 1 heterocycles. The van der Waals surface area contributed by atoms with Gasteiger partial charge in [0, 0.05) is 10.9 Å². The molecule has 0 fully saturated rings. The van der Waals surface area contributed by atoms with Crippen molar-refractivity contribution >= 4 is 10.9 Å². The van der Waals surface area contributed by atoms with E-state index in [1.807, 2.05) is 18.2 Å². The molecule has 3 N–H and O–H groups in total. The predicted molar refractivity (Wildman–Crippen MR) is 57.6 cm³/mol. The molecule has 2 aromatic rings. The molecule has 1 aromatic carbocycles. The van der Waals surface area contributed by atoms with Gasteiger partial charge in [0.1, 0.15) is 6.10 Å². The topological polar surface area (TPSA) is 56.2 Å². The van der Waals surface area contributed by atoms with Crippen LogP contribution in [-0.4, -0.2) is 21.3 Å². The van der Waals surface area contributed by atoms with Gasteiger partial charge in [-0.3, -0.25) is 0 Å². The number of nitrogens with one attached hydrogen (secondary N) is 1. The highest BCUT2D eigenvalue weighted by Crippen LogP contribution is 2.34. The number of aliphatic hydroxyl groups is 2. The van der Waals surface area contributed by atoms with Gasteiger partial charge in [-0.15, -0.1) is 0 Å². The van der Waals surface area contributed by atoms with Crippen molar-refractivity contribution in [3.05, 3.63) is 35.5 Å². The molecule has 0 aliphatic heterocycles. The summed E-state index contributed by atoms with van der Waals surface area (Å²) in [4.78, 5) is 3.19. The number of aryl methyl sites for hydroxylation is 1. The van der Waals surface area contributed by atoms with Gasteiger partial charge in [-0.2, -0.15) is 0 Å². The maximum atomic E-state index is 9.85. The summed E-state index contributed by atoms with van der Waals surface area (Å²) in [6.07, 6.45) is 0.0693. The smallest absolute Gasteiger partial charge is 0.120 e. The van der Waals surface area contributed by atoms with Crippen molar-refractivity contribution < 1.29 is 10.2 Å². The number of aromatic nitrogens is 1. The van der Waals surface area contributed by atoms with E-state index in [2.05, 4.69) is 11.1 Å². The Bertz CT molecular complexity index is 503. The second kappa shape index (κ2) is 3.08. The minimum Gasteiger partial charge on any atom is -0.390 e. The zero-order valence-electron chi connectivity index (χ0n) is 8.27. The molecular formula is C12H13NO2. The van der Waals surface area contributed by atoms with Gasteiger partial charge in [-0.25, -0.2) is 0 Å². The summed E-state index contributed by atoms with van der Waals surface area (Å²) in [7, 11) is 0. The van der Waals surface area contributed by atoms with Crippen LogP contribution in [0.15, 0.2) is 24.3 Å². The monoisotopic (exact) mass is 203 g/mol. The molecule has 3 rings (SSSR count). The molecule has 2 atom stereocenters. The highest BCUT2D eigenvalue weighted by molar-refractivity contribution is 5.85. The molecule has 0 amide bonds. The first-order valence-corrected chi connectivity index (χ1v) is 5.23. The lowest BCUT2D eigenvalue weighted by Gasteiger charge is -2.23. The summed E-state index contributed by atoms with van der Waals surface area (Å²) in [6, 6.07) is 8.00. The van der Waals surface area contributed by atoms with E-state index in [4.69, 9.17) is 0 Å². The molecule has 1 aliphatic rings. The van der Waals surface area contributed by atoms with Gasteiger partial charge in [0.05, 0.1) is 11.8 Å². The fourth-order valence-electron chi connectivity index (χ4n) is 2.39. The Kier molecular flexibility index (Phi) is 1.84. The summed E-state index contributed by atoms with van der Waals surface area (Å²) in [5, 5.41) is 20.6. The average Bonchev–Trinajstić information content (AvgIpc) is 2.63. The van der Waals surface area contributed by atoms with Crippen LogP contribution in [0.5, 0.6) is 0 Å². The molecule has 0 bridgehead atoms. The maximum Gasteiger partial charge on any atom is 0.120 e.